The molecule has 0 saturated carbocycles. The first-order chi connectivity index (χ1) is 14.8. The molecule has 1 fully saturated rings. The van der Waals surface area contributed by atoms with Crippen molar-refractivity contribution < 1.29 is 17.9 Å². The van der Waals surface area contributed by atoms with Crippen molar-refractivity contribution in [2.75, 3.05) is 21.9 Å². The highest BCUT2D eigenvalue weighted by Gasteiger charge is 2.29. The fourth-order valence-corrected chi connectivity index (χ4v) is 5.12. The molecule has 1 aliphatic heterocycles. The van der Waals surface area contributed by atoms with E-state index in [0.29, 0.717) is 40.9 Å². The number of carbonyl (C=O) groups is 1. The number of nitrogens with one attached hydrogen (secondary N) is 1. The van der Waals surface area contributed by atoms with Crippen LogP contribution in [0.3, 0.4) is 0 Å². The van der Waals surface area contributed by atoms with Gasteiger partial charge in [0.25, 0.3) is 5.91 Å². The van der Waals surface area contributed by atoms with Gasteiger partial charge in [-0.3, -0.25) is 9.10 Å². The monoisotopic (exact) mass is 478 g/mol. The molecule has 0 aliphatic carbocycles. The summed E-state index contributed by atoms with van der Waals surface area (Å²) in [6.45, 7) is 0.364. The van der Waals surface area contributed by atoms with Crippen molar-refractivity contribution in [3.8, 4) is 11.5 Å². The predicted molar refractivity (Wildman–Crippen MR) is 119 cm³/mol. The van der Waals surface area contributed by atoms with Crippen LogP contribution in [0.15, 0.2) is 55.1 Å². The summed E-state index contributed by atoms with van der Waals surface area (Å²) >= 11 is 12.4. The molecule has 1 amide bonds. The molecule has 31 heavy (non-hydrogen) atoms. The largest absolute Gasteiger partial charge is 0.454 e. The number of ether oxygens (including phenoxy) is 1. The minimum Gasteiger partial charge on any atom is -0.454 e. The Balaban J connectivity index is 1.58. The van der Waals surface area contributed by atoms with Gasteiger partial charge < -0.3 is 10.1 Å². The molecule has 2 heterocycles. The van der Waals surface area contributed by atoms with Crippen LogP contribution in [0.2, 0.25) is 10.0 Å². The second-order valence-corrected chi connectivity index (χ2v) is 9.57. The number of amides is 1. The summed E-state index contributed by atoms with van der Waals surface area (Å²) < 4.78 is 31.3. The smallest absolute Gasteiger partial charge is 0.257 e. The minimum atomic E-state index is -3.38. The second-order valence-electron chi connectivity index (χ2n) is 6.71. The molecule has 0 unspecified atom stereocenters. The van der Waals surface area contributed by atoms with Crippen LogP contribution in [0, 0.1) is 0 Å². The third-order valence-electron chi connectivity index (χ3n) is 4.48. The van der Waals surface area contributed by atoms with Gasteiger partial charge in [-0.1, -0.05) is 23.2 Å². The number of aromatic nitrogens is 2. The van der Waals surface area contributed by atoms with Gasteiger partial charge in [0.05, 0.1) is 34.4 Å². The van der Waals surface area contributed by atoms with Gasteiger partial charge >= 0.3 is 0 Å². The van der Waals surface area contributed by atoms with Gasteiger partial charge in [-0.2, -0.15) is 0 Å². The Morgan fingerprint density at radius 1 is 1.06 bits per heavy atom. The van der Waals surface area contributed by atoms with E-state index >= 15 is 0 Å². The van der Waals surface area contributed by atoms with Crippen molar-refractivity contribution >= 4 is 50.5 Å². The van der Waals surface area contributed by atoms with Crippen molar-refractivity contribution in [3.05, 3.63) is 70.7 Å². The SMILES string of the molecule is O=C(Nc1cc(Cl)cc(Oc2cncnc2)c1)c1cc(N2CCCS2(=O)=O)ccc1Cl. The predicted octanol–water partition coefficient (Wildman–Crippen LogP) is 4.37. The van der Waals surface area contributed by atoms with E-state index in [9.17, 15) is 13.2 Å². The third-order valence-corrected chi connectivity index (χ3v) is 6.90. The highest BCUT2D eigenvalue weighted by molar-refractivity contribution is 7.93. The molecule has 0 atom stereocenters. The Labute approximate surface area is 188 Å². The molecule has 8 nitrogen and oxygen atoms in total. The molecule has 1 N–H and O–H groups in total. The number of carbonyl (C=O) groups excluding carboxylic acids is 1. The van der Waals surface area contributed by atoms with Crippen LogP contribution < -0.4 is 14.4 Å². The van der Waals surface area contributed by atoms with Crippen molar-refractivity contribution in [2.24, 2.45) is 0 Å². The van der Waals surface area contributed by atoms with E-state index in [2.05, 4.69) is 15.3 Å². The summed E-state index contributed by atoms with van der Waals surface area (Å²) in [7, 11) is -3.38. The summed E-state index contributed by atoms with van der Waals surface area (Å²) in [5, 5.41) is 3.25. The number of anilines is 2. The second kappa shape index (κ2) is 8.70. The number of nitrogens with zero attached hydrogens (tertiary/aromatic N) is 3. The molecule has 0 radical (unpaired) electrons. The lowest BCUT2D eigenvalue weighted by Crippen LogP contribution is -2.25. The lowest BCUT2D eigenvalue weighted by atomic mass is 10.1. The van der Waals surface area contributed by atoms with Gasteiger partial charge in [0.1, 0.15) is 12.1 Å². The van der Waals surface area contributed by atoms with Crippen LogP contribution in [-0.2, 0) is 10.0 Å². The van der Waals surface area contributed by atoms with E-state index in [4.69, 9.17) is 27.9 Å². The van der Waals surface area contributed by atoms with E-state index in [0.717, 1.165) is 0 Å². The van der Waals surface area contributed by atoms with Crippen LogP contribution in [0.4, 0.5) is 11.4 Å². The Bertz CT molecular complexity index is 1240. The molecular weight excluding hydrogens is 463 g/mol. The Morgan fingerprint density at radius 3 is 2.55 bits per heavy atom. The molecule has 2 aromatic carbocycles. The van der Waals surface area contributed by atoms with Crippen LogP contribution in [0.25, 0.3) is 0 Å². The Kier molecular flexibility index (Phi) is 5.99. The molecular formula is C20H16Cl2N4O4S. The standard InChI is InChI=1S/C20H16Cl2N4O4S/c21-13-6-14(8-16(7-13)30-17-10-23-12-24-11-17)25-20(27)18-9-15(2-3-19(18)22)26-4-1-5-31(26,28)29/h2-3,6-12H,1,4-5H2,(H,25,27). The highest BCUT2D eigenvalue weighted by atomic mass is 35.5. The summed E-state index contributed by atoms with van der Waals surface area (Å²) in [4.78, 5) is 20.6. The normalized spacial score (nSPS) is 15.0. The number of hydrogen-bond acceptors (Lipinski definition) is 6. The lowest BCUT2D eigenvalue weighted by Gasteiger charge is -2.18. The number of sulfonamides is 1. The van der Waals surface area contributed by atoms with Gasteiger partial charge in [0, 0.05) is 23.3 Å². The van der Waals surface area contributed by atoms with Crippen molar-refractivity contribution in [2.45, 2.75) is 6.42 Å². The van der Waals surface area contributed by atoms with Gasteiger partial charge in [-0.05, 0) is 36.8 Å². The molecule has 1 aromatic heterocycles. The van der Waals surface area contributed by atoms with E-state index in [1.807, 2.05) is 0 Å². The first kappa shape index (κ1) is 21.4. The first-order valence-electron chi connectivity index (χ1n) is 9.16. The zero-order valence-corrected chi connectivity index (χ0v) is 18.3. The zero-order chi connectivity index (χ0) is 22.0. The van der Waals surface area contributed by atoms with Crippen LogP contribution in [0.1, 0.15) is 16.8 Å². The molecule has 0 bridgehead atoms. The summed E-state index contributed by atoms with van der Waals surface area (Å²) in [5.74, 6) is 0.347. The van der Waals surface area contributed by atoms with E-state index in [1.54, 1.807) is 24.3 Å². The maximum absolute atomic E-state index is 12.9. The molecule has 0 spiro atoms. The maximum Gasteiger partial charge on any atom is 0.257 e. The average Bonchev–Trinajstić information content (AvgIpc) is 3.07. The Hall–Kier alpha value is -2.88. The Morgan fingerprint density at radius 2 is 1.84 bits per heavy atom. The topological polar surface area (TPSA) is 101 Å². The summed E-state index contributed by atoms with van der Waals surface area (Å²) in [6, 6.07) is 9.26. The zero-order valence-electron chi connectivity index (χ0n) is 16.0. The van der Waals surface area contributed by atoms with E-state index in [1.165, 1.54) is 35.2 Å². The molecule has 1 aliphatic rings. The third kappa shape index (κ3) is 4.90. The van der Waals surface area contributed by atoms with Crippen LogP contribution in [0.5, 0.6) is 11.5 Å². The molecule has 4 rings (SSSR count). The van der Waals surface area contributed by atoms with Crippen LogP contribution >= 0.6 is 23.2 Å². The van der Waals surface area contributed by atoms with E-state index in [-0.39, 0.29) is 16.3 Å². The minimum absolute atomic E-state index is 0.0783. The highest BCUT2D eigenvalue weighted by Crippen LogP contribution is 2.31. The molecule has 3 aromatic rings. The van der Waals surface area contributed by atoms with Gasteiger partial charge in [0.15, 0.2) is 5.75 Å². The van der Waals surface area contributed by atoms with Gasteiger partial charge in [-0.15, -0.1) is 0 Å². The number of halogens is 2. The molecule has 1 saturated heterocycles. The van der Waals surface area contributed by atoms with E-state index < -0.39 is 15.9 Å². The van der Waals surface area contributed by atoms with Crippen LogP contribution in [-0.4, -0.2) is 36.6 Å². The summed E-state index contributed by atoms with van der Waals surface area (Å²) in [5.41, 5.74) is 0.908. The fourth-order valence-electron chi connectivity index (χ4n) is 3.14. The van der Waals surface area contributed by atoms with Crippen molar-refractivity contribution in [1.29, 1.82) is 0 Å². The first-order valence-corrected chi connectivity index (χ1v) is 11.5. The quantitative estimate of drug-likeness (QED) is 0.583. The lowest BCUT2D eigenvalue weighted by molar-refractivity contribution is 0.102. The van der Waals surface area contributed by atoms with Gasteiger partial charge in [0.2, 0.25) is 10.0 Å². The summed E-state index contributed by atoms with van der Waals surface area (Å²) in [6.07, 6.45) is 4.89. The fraction of sp³-hybridized carbons (Fsp3) is 0.150. The average molecular weight is 479 g/mol. The number of benzene rings is 2. The molecule has 11 heteroatoms. The molecule has 160 valence electrons. The van der Waals surface area contributed by atoms with Gasteiger partial charge in [-0.25, -0.2) is 18.4 Å². The van der Waals surface area contributed by atoms with Crippen molar-refractivity contribution in [1.82, 2.24) is 9.97 Å². The maximum atomic E-state index is 12.9. The number of rotatable bonds is 5. The van der Waals surface area contributed by atoms with Crippen molar-refractivity contribution in [3.63, 3.8) is 0 Å². The number of hydrogen-bond donors (Lipinski definition) is 1.